The molecule has 0 amide bonds. The van der Waals surface area contributed by atoms with E-state index in [-0.39, 0.29) is 13.2 Å². The molecule has 5 heteroatoms. The number of hydrogen-bond donors (Lipinski definition) is 0. The highest BCUT2D eigenvalue weighted by Gasteiger charge is 2.27. The predicted molar refractivity (Wildman–Crippen MR) is 90.9 cm³/mol. The lowest BCUT2D eigenvalue weighted by Gasteiger charge is -2.31. The van der Waals surface area contributed by atoms with Gasteiger partial charge in [0.15, 0.2) is 0 Å². The maximum atomic E-state index is 12.6. The summed E-state index contributed by atoms with van der Waals surface area (Å²) in [4.78, 5) is 4.24. The van der Waals surface area contributed by atoms with Crippen LogP contribution in [-0.4, -0.2) is 61.7 Å². The summed E-state index contributed by atoms with van der Waals surface area (Å²) in [6.45, 7) is 10.2. The zero-order chi connectivity index (χ0) is 17.3. The first-order chi connectivity index (χ1) is 10.8. The summed E-state index contributed by atoms with van der Waals surface area (Å²) >= 11 is 0. The lowest BCUT2D eigenvalue weighted by atomic mass is 9.99. The van der Waals surface area contributed by atoms with E-state index in [1.54, 1.807) is 0 Å². The molecule has 2 saturated heterocycles. The van der Waals surface area contributed by atoms with Crippen molar-refractivity contribution in [2.24, 2.45) is 11.8 Å². The Morgan fingerprint density at radius 1 is 0.870 bits per heavy atom. The Bertz CT molecular complexity index is 288. The van der Waals surface area contributed by atoms with Gasteiger partial charge in [0.2, 0.25) is 0 Å². The van der Waals surface area contributed by atoms with E-state index in [0.29, 0.717) is 12.3 Å². The fraction of sp³-hybridized carbons (Fsp3) is 1.00. The highest BCUT2D eigenvalue weighted by Crippen LogP contribution is 2.20. The fourth-order valence-electron chi connectivity index (χ4n) is 3.18. The Labute approximate surface area is 140 Å². The molecule has 2 aliphatic heterocycles. The second kappa shape index (κ2) is 10.5. The van der Waals surface area contributed by atoms with Gasteiger partial charge in [-0.2, -0.15) is 0 Å². The van der Waals surface area contributed by atoms with Crippen molar-refractivity contribution in [1.29, 1.82) is 0 Å². The molecule has 0 spiro atoms. The van der Waals surface area contributed by atoms with Gasteiger partial charge in [-0.3, -0.25) is 9.29 Å². The van der Waals surface area contributed by atoms with Crippen LogP contribution in [0.2, 0.25) is 0 Å². The summed E-state index contributed by atoms with van der Waals surface area (Å²) in [6.07, 6.45) is 5.44. The molecule has 138 valence electrons. The molecule has 2 rings (SSSR count). The van der Waals surface area contributed by atoms with Gasteiger partial charge in [0.05, 0.1) is 13.2 Å². The first-order valence-electron chi connectivity index (χ1n) is 9.18. The quantitative estimate of drug-likeness (QED) is 0.732. The summed E-state index contributed by atoms with van der Waals surface area (Å²) in [7, 11) is 0. The molecule has 2 heterocycles. The topological polar surface area (TPSA) is 6.48 Å². The van der Waals surface area contributed by atoms with Crippen LogP contribution < -0.4 is 0 Å². The lowest BCUT2D eigenvalue weighted by molar-refractivity contribution is -0.0216. The molecule has 0 N–H and O–H groups in total. The van der Waals surface area contributed by atoms with Crippen LogP contribution in [-0.2, 0) is 0 Å². The van der Waals surface area contributed by atoms with Crippen molar-refractivity contribution in [3.63, 3.8) is 0 Å². The van der Waals surface area contributed by atoms with Gasteiger partial charge in [-0.05, 0) is 70.1 Å². The van der Waals surface area contributed by atoms with E-state index in [1.165, 1.54) is 25.9 Å². The maximum Gasteiger partial charge on any atom is 0.257 e. The van der Waals surface area contributed by atoms with Crippen LogP contribution in [0.4, 0.5) is 13.2 Å². The van der Waals surface area contributed by atoms with Crippen molar-refractivity contribution in [2.45, 2.75) is 58.8 Å². The van der Waals surface area contributed by atoms with Gasteiger partial charge >= 0.3 is 0 Å². The predicted octanol–water partition coefficient (Wildman–Crippen LogP) is 4.45. The molecule has 2 fully saturated rings. The monoisotopic (exact) mass is 336 g/mol. The largest absolute Gasteiger partial charge is 0.303 e. The highest BCUT2D eigenvalue weighted by atomic mass is 19.3. The van der Waals surface area contributed by atoms with Crippen molar-refractivity contribution in [3.05, 3.63) is 0 Å². The average Bonchev–Trinajstić information content (AvgIpc) is 2.48. The van der Waals surface area contributed by atoms with Crippen LogP contribution in [0.15, 0.2) is 0 Å². The first kappa shape index (κ1) is 20.8. The van der Waals surface area contributed by atoms with E-state index in [1.807, 2.05) is 4.90 Å². The Morgan fingerprint density at radius 2 is 1.30 bits per heavy atom. The molecule has 2 nitrogen and oxygen atoms in total. The van der Waals surface area contributed by atoms with Crippen molar-refractivity contribution < 1.29 is 13.2 Å². The van der Waals surface area contributed by atoms with Crippen LogP contribution >= 0.6 is 0 Å². The number of rotatable bonds is 5. The van der Waals surface area contributed by atoms with Crippen molar-refractivity contribution in [3.8, 4) is 0 Å². The zero-order valence-corrected chi connectivity index (χ0v) is 15.2. The Balaban J connectivity index is 0.000000231. The van der Waals surface area contributed by atoms with Gasteiger partial charge in [-0.15, -0.1) is 0 Å². The Kier molecular flexibility index (Phi) is 9.52. The summed E-state index contributed by atoms with van der Waals surface area (Å²) in [6, 6.07) is 0. The Morgan fingerprint density at radius 3 is 1.70 bits per heavy atom. The van der Waals surface area contributed by atoms with Crippen molar-refractivity contribution in [2.75, 3.05) is 45.9 Å². The van der Waals surface area contributed by atoms with Gasteiger partial charge in [0, 0.05) is 13.5 Å². The van der Waals surface area contributed by atoms with Gasteiger partial charge in [0.25, 0.3) is 5.92 Å². The number of halogens is 3. The number of likely N-dealkylation sites (tertiary alicyclic amines) is 2. The molecule has 0 radical (unpaired) electrons. The van der Waals surface area contributed by atoms with Crippen LogP contribution in [0.25, 0.3) is 0 Å². The van der Waals surface area contributed by atoms with Crippen molar-refractivity contribution >= 4 is 0 Å². The lowest BCUT2D eigenvalue weighted by Crippen LogP contribution is -2.40. The van der Waals surface area contributed by atoms with Gasteiger partial charge in [0.1, 0.15) is 0 Å². The van der Waals surface area contributed by atoms with Crippen LogP contribution in [0.3, 0.4) is 0 Å². The molecular formula is C18H35F3N2. The number of piperidine rings is 2. The normalized spacial score (nSPS) is 22.7. The minimum Gasteiger partial charge on any atom is -0.303 e. The van der Waals surface area contributed by atoms with Gasteiger partial charge < -0.3 is 4.90 Å². The molecule has 0 unspecified atom stereocenters. The maximum absolute atomic E-state index is 12.6. The smallest absolute Gasteiger partial charge is 0.257 e. The third-order valence-corrected chi connectivity index (χ3v) is 4.86. The molecule has 0 aliphatic carbocycles. The van der Waals surface area contributed by atoms with Crippen molar-refractivity contribution in [1.82, 2.24) is 9.80 Å². The molecule has 2 aliphatic rings. The minimum absolute atomic E-state index is 0.0697. The molecule has 0 bridgehead atoms. The van der Waals surface area contributed by atoms with Gasteiger partial charge in [-0.1, -0.05) is 13.8 Å². The number of nitrogens with zero attached hydrogens (tertiary/aromatic N) is 2. The van der Waals surface area contributed by atoms with Gasteiger partial charge in [-0.25, -0.2) is 8.78 Å². The SMILES string of the molecule is CC1CCN(CC(C)(F)F)CC1.CC1CCN(CCCF)CC1. The van der Waals surface area contributed by atoms with Crippen LogP contribution in [0.1, 0.15) is 52.9 Å². The fourth-order valence-corrected chi connectivity index (χ4v) is 3.18. The van der Waals surface area contributed by atoms with Crippen LogP contribution in [0.5, 0.6) is 0 Å². The first-order valence-corrected chi connectivity index (χ1v) is 9.18. The minimum atomic E-state index is -2.53. The molecule has 0 saturated carbocycles. The summed E-state index contributed by atoms with van der Waals surface area (Å²) in [5, 5.41) is 0. The molecule has 23 heavy (non-hydrogen) atoms. The van der Waals surface area contributed by atoms with E-state index in [0.717, 1.165) is 45.3 Å². The van der Waals surface area contributed by atoms with E-state index >= 15 is 0 Å². The highest BCUT2D eigenvalue weighted by molar-refractivity contribution is 4.73. The molecule has 0 aromatic heterocycles. The van der Waals surface area contributed by atoms with E-state index < -0.39 is 5.92 Å². The summed E-state index contributed by atoms with van der Waals surface area (Å²) < 4.78 is 36.9. The second-order valence-corrected chi connectivity index (χ2v) is 7.60. The third kappa shape index (κ3) is 10.2. The van der Waals surface area contributed by atoms with E-state index in [4.69, 9.17) is 0 Å². The second-order valence-electron chi connectivity index (χ2n) is 7.60. The average molecular weight is 336 g/mol. The third-order valence-electron chi connectivity index (χ3n) is 4.86. The summed E-state index contributed by atoms with van der Waals surface area (Å²) in [5.41, 5.74) is 0. The molecular weight excluding hydrogens is 301 g/mol. The van der Waals surface area contributed by atoms with E-state index in [2.05, 4.69) is 18.7 Å². The molecule has 0 aromatic carbocycles. The standard InChI is InChI=1S/C9H17F2N.C9H18FN/c1-8-3-5-12(6-4-8)7-9(2,10)11;1-9-3-7-11(8-4-9)6-2-5-10/h8H,3-7H2,1-2H3;9H,2-8H2,1H3. The number of alkyl halides is 3. The number of hydrogen-bond acceptors (Lipinski definition) is 2. The molecule has 0 atom stereocenters. The zero-order valence-electron chi connectivity index (χ0n) is 15.2. The Hall–Kier alpha value is -0.290. The van der Waals surface area contributed by atoms with E-state index in [9.17, 15) is 13.2 Å². The summed E-state index contributed by atoms with van der Waals surface area (Å²) in [5.74, 6) is -0.927. The molecule has 0 aromatic rings. The van der Waals surface area contributed by atoms with Crippen LogP contribution in [0, 0.1) is 11.8 Å².